The first kappa shape index (κ1) is 16.7. The van der Waals surface area contributed by atoms with Crippen LogP contribution < -0.4 is 5.32 Å². The number of hydrogen-bond donors (Lipinski definition) is 2. The molecule has 1 aromatic rings. The number of nitrogens with one attached hydrogen (secondary N) is 1. The van der Waals surface area contributed by atoms with Crippen LogP contribution in [0.15, 0.2) is 23.1 Å². The van der Waals surface area contributed by atoms with Crippen LogP contribution in [0.3, 0.4) is 0 Å². The first-order chi connectivity index (χ1) is 10.4. The van der Waals surface area contributed by atoms with E-state index in [9.17, 15) is 23.5 Å². The Morgan fingerprint density at radius 2 is 1.95 bits per heavy atom. The number of halogens is 2. The lowest BCUT2D eigenvalue weighted by Gasteiger charge is -2.33. The summed E-state index contributed by atoms with van der Waals surface area (Å²) in [4.78, 5) is 23.7. The average molecular weight is 331 g/mol. The van der Waals surface area contributed by atoms with Crippen molar-refractivity contribution in [2.45, 2.75) is 23.3 Å². The molecule has 22 heavy (non-hydrogen) atoms. The standard InChI is InChI=1S/C14H15F2NO4S/c15-10-2-1-9(7-11(10)16)22-8-12(18)17-14(13(19)20)3-5-21-6-4-14/h1-2,7H,3-6,8H2,(H,17,18)(H,19,20). The van der Waals surface area contributed by atoms with Crippen LogP contribution in [0, 0.1) is 11.6 Å². The van der Waals surface area contributed by atoms with Crippen molar-refractivity contribution in [2.24, 2.45) is 0 Å². The number of hydrogen-bond acceptors (Lipinski definition) is 4. The number of carbonyl (C=O) groups is 2. The van der Waals surface area contributed by atoms with Crippen molar-refractivity contribution < 1.29 is 28.2 Å². The summed E-state index contributed by atoms with van der Waals surface area (Å²) in [6.07, 6.45) is 0.397. The summed E-state index contributed by atoms with van der Waals surface area (Å²) in [5.74, 6) is -3.60. The van der Waals surface area contributed by atoms with E-state index in [0.29, 0.717) is 4.90 Å². The van der Waals surface area contributed by atoms with Crippen molar-refractivity contribution in [3.63, 3.8) is 0 Å². The minimum Gasteiger partial charge on any atom is -0.480 e. The van der Waals surface area contributed by atoms with Crippen molar-refractivity contribution >= 4 is 23.6 Å². The molecule has 0 radical (unpaired) electrons. The fraction of sp³-hybridized carbons (Fsp3) is 0.429. The maximum absolute atomic E-state index is 13.1. The van der Waals surface area contributed by atoms with Gasteiger partial charge in [0, 0.05) is 31.0 Å². The number of rotatable bonds is 5. The van der Waals surface area contributed by atoms with Gasteiger partial charge >= 0.3 is 5.97 Å². The smallest absolute Gasteiger partial charge is 0.329 e. The van der Waals surface area contributed by atoms with Crippen LogP contribution in [0.2, 0.25) is 0 Å². The third-order valence-electron chi connectivity index (χ3n) is 3.40. The SMILES string of the molecule is O=C(CSc1ccc(F)c(F)c1)NC1(C(=O)O)CCOCC1. The number of amides is 1. The Hall–Kier alpha value is -1.67. The highest BCUT2D eigenvalue weighted by atomic mass is 32.2. The van der Waals surface area contributed by atoms with Gasteiger partial charge < -0.3 is 15.2 Å². The molecule has 0 spiro atoms. The lowest BCUT2D eigenvalue weighted by Crippen LogP contribution is -2.57. The predicted octanol–water partition coefficient (Wildman–Crippen LogP) is 1.81. The Morgan fingerprint density at radius 1 is 1.27 bits per heavy atom. The maximum atomic E-state index is 13.1. The summed E-state index contributed by atoms with van der Waals surface area (Å²) in [6, 6.07) is 3.33. The van der Waals surface area contributed by atoms with E-state index < -0.39 is 29.0 Å². The molecule has 1 saturated heterocycles. The van der Waals surface area contributed by atoms with E-state index in [-0.39, 0.29) is 31.8 Å². The zero-order valence-corrected chi connectivity index (χ0v) is 12.4. The third kappa shape index (κ3) is 3.95. The molecule has 5 nitrogen and oxygen atoms in total. The minimum atomic E-state index is -1.32. The van der Waals surface area contributed by atoms with Gasteiger partial charge in [-0.15, -0.1) is 11.8 Å². The Labute approximate surface area is 130 Å². The molecule has 8 heteroatoms. The molecule has 120 valence electrons. The molecule has 0 aliphatic carbocycles. The van der Waals surface area contributed by atoms with Crippen LogP contribution in [0.4, 0.5) is 8.78 Å². The van der Waals surface area contributed by atoms with Crippen LogP contribution in [-0.2, 0) is 14.3 Å². The molecule has 1 amide bonds. The number of ether oxygens (including phenoxy) is 1. The number of thioether (sulfide) groups is 1. The molecule has 1 aromatic carbocycles. The Balaban J connectivity index is 1.94. The Kier molecular flexibility index (Phi) is 5.36. The monoisotopic (exact) mass is 331 g/mol. The number of carboxylic acid groups (broad SMARTS) is 1. The molecule has 0 saturated carbocycles. The molecule has 2 N–H and O–H groups in total. The summed E-state index contributed by atoms with van der Waals surface area (Å²) >= 11 is 1.01. The average Bonchev–Trinajstić information content (AvgIpc) is 2.49. The quantitative estimate of drug-likeness (QED) is 0.805. The Morgan fingerprint density at radius 3 is 2.55 bits per heavy atom. The van der Waals surface area contributed by atoms with E-state index in [1.165, 1.54) is 6.07 Å². The lowest BCUT2D eigenvalue weighted by atomic mass is 9.90. The highest BCUT2D eigenvalue weighted by Gasteiger charge is 2.41. The van der Waals surface area contributed by atoms with Gasteiger partial charge in [-0.3, -0.25) is 4.79 Å². The third-order valence-corrected chi connectivity index (χ3v) is 4.39. The van der Waals surface area contributed by atoms with Gasteiger partial charge in [0.25, 0.3) is 0 Å². The van der Waals surface area contributed by atoms with Crippen molar-refractivity contribution in [3.8, 4) is 0 Å². The second-order valence-electron chi connectivity index (χ2n) is 4.91. The van der Waals surface area contributed by atoms with Crippen LogP contribution in [0.5, 0.6) is 0 Å². The molecule has 1 aliphatic heterocycles. The fourth-order valence-corrected chi connectivity index (χ4v) is 2.85. The molecular weight excluding hydrogens is 316 g/mol. The highest BCUT2D eigenvalue weighted by molar-refractivity contribution is 8.00. The van der Waals surface area contributed by atoms with E-state index in [1.54, 1.807) is 0 Å². The molecule has 0 aromatic heterocycles. The Bertz CT molecular complexity index is 576. The highest BCUT2D eigenvalue weighted by Crippen LogP contribution is 2.23. The minimum absolute atomic E-state index is 0.0824. The number of aliphatic carboxylic acids is 1. The molecular formula is C14H15F2NO4S. The van der Waals surface area contributed by atoms with Gasteiger partial charge in [0.2, 0.25) is 5.91 Å². The van der Waals surface area contributed by atoms with Gasteiger partial charge in [0.1, 0.15) is 5.54 Å². The summed E-state index contributed by atoms with van der Waals surface area (Å²) < 4.78 is 31.0. The van der Waals surface area contributed by atoms with Crippen molar-refractivity contribution in [1.29, 1.82) is 0 Å². The second kappa shape index (κ2) is 7.06. The molecule has 0 unspecified atom stereocenters. The number of benzene rings is 1. The molecule has 1 fully saturated rings. The van der Waals surface area contributed by atoms with Crippen LogP contribution in [0.25, 0.3) is 0 Å². The molecule has 1 heterocycles. The van der Waals surface area contributed by atoms with Crippen molar-refractivity contribution in [2.75, 3.05) is 19.0 Å². The topological polar surface area (TPSA) is 75.6 Å². The molecule has 2 rings (SSSR count). The molecule has 0 atom stereocenters. The maximum Gasteiger partial charge on any atom is 0.329 e. The summed E-state index contributed by atoms with van der Waals surface area (Å²) in [5, 5.41) is 11.8. The zero-order chi connectivity index (χ0) is 16.2. The van der Waals surface area contributed by atoms with Gasteiger partial charge in [-0.05, 0) is 18.2 Å². The van der Waals surface area contributed by atoms with Gasteiger partial charge in [0.05, 0.1) is 5.75 Å². The van der Waals surface area contributed by atoms with Crippen LogP contribution in [0.1, 0.15) is 12.8 Å². The van der Waals surface area contributed by atoms with E-state index in [2.05, 4.69) is 5.32 Å². The fourth-order valence-electron chi connectivity index (χ4n) is 2.13. The van der Waals surface area contributed by atoms with Crippen LogP contribution >= 0.6 is 11.8 Å². The lowest BCUT2D eigenvalue weighted by molar-refractivity contribution is -0.151. The molecule has 0 bridgehead atoms. The largest absolute Gasteiger partial charge is 0.480 e. The van der Waals surface area contributed by atoms with Gasteiger partial charge in [-0.1, -0.05) is 0 Å². The second-order valence-corrected chi connectivity index (χ2v) is 5.96. The summed E-state index contributed by atoms with van der Waals surface area (Å²) in [5.41, 5.74) is -1.32. The van der Waals surface area contributed by atoms with E-state index >= 15 is 0 Å². The summed E-state index contributed by atoms with van der Waals surface area (Å²) in [7, 11) is 0. The zero-order valence-electron chi connectivity index (χ0n) is 11.6. The number of carbonyl (C=O) groups excluding carboxylic acids is 1. The van der Waals surface area contributed by atoms with Gasteiger partial charge in [0.15, 0.2) is 11.6 Å². The number of carboxylic acids is 1. The van der Waals surface area contributed by atoms with Crippen LogP contribution in [-0.4, -0.2) is 41.5 Å². The first-order valence-corrected chi connectivity index (χ1v) is 7.61. The molecule has 1 aliphatic rings. The van der Waals surface area contributed by atoms with E-state index in [0.717, 1.165) is 23.9 Å². The first-order valence-electron chi connectivity index (χ1n) is 6.63. The van der Waals surface area contributed by atoms with Crippen molar-refractivity contribution in [1.82, 2.24) is 5.32 Å². The van der Waals surface area contributed by atoms with E-state index in [1.807, 2.05) is 0 Å². The van der Waals surface area contributed by atoms with Gasteiger partial charge in [-0.2, -0.15) is 0 Å². The van der Waals surface area contributed by atoms with E-state index in [4.69, 9.17) is 4.74 Å². The normalized spacial score (nSPS) is 17.0. The van der Waals surface area contributed by atoms with Gasteiger partial charge in [-0.25, -0.2) is 13.6 Å². The van der Waals surface area contributed by atoms with Crippen molar-refractivity contribution in [3.05, 3.63) is 29.8 Å². The predicted molar refractivity (Wildman–Crippen MR) is 75.6 cm³/mol. The summed E-state index contributed by atoms with van der Waals surface area (Å²) in [6.45, 7) is 0.534.